The first-order valence-corrected chi connectivity index (χ1v) is 32.8. The number of rotatable bonds is 18. The molecule has 4 aliphatic heterocycles. The zero-order valence-corrected chi connectivity index (χ0v) is 53.5. The van der Waals surface area contributed by atoms with E-state index in [1.165, 1.54) is 32.2 Å². The average Bonchev–Trinajstić information content (AvgIpc) is 0.860. The molecule has 13 rings (SSSR count). The Morgan fingerprint density at radius 2 is 1.08 bits per heavy atom. The first-order valence-electron chi connectivity index (χ1n) is 31.3. The lowest BCUT2D eigenvalue weighted by molar-refractivity contribution is -0.189. The van der Waals surface area contributed by atoms with Gasteiger partial charge < -0.3 is 45.4 Å². The van der Waals surface area contributed by atoms with Gasteiger partial charge in [0.25, 0.3) is 10.0 Å². The van der Waals surface area contributed by atoms with Crippen LogP contribution in [-0.4, -0.2) is 177 Å². The molecular formula is C71H72N14O10S. The van der Waals surface area contributed by atoms with Crippen LogP contribution in [0, 0.1) is 6.92 Å². The van der Waals surface area contributed by atoms with Crippen molar-refractivity contribution in [2.45, 2.75) is 75.3 Å². The zero-order chi connectivity index (χ0) is 67.2. The normalized spacial score (nSPS) is 18.4. The van der Waals surface area contributed by atoms with Crippen molar-refractivity contribution in [2.24, 2.45) is 0 Å². The fourth-order valence-electron chi connectivity index (χ4n) is 13.0. The van der Waals surface area contributed by atoms with E-state index in [0.29, 0.717) is 40.0 Å². The maximum atomic E-state index is 14.6. The van der Waals surface area contributed by atoms with E-state index in [1.54, 1.807) is 145 Å². The Morgan fingerprint density at radius 1 is 0.594 bits per heavy atom. The number of hydrogen-bond acceptors (Lipinski definition) is 14. The first kappa shape index (κ1) is 64.9. The number of pyridine rings is 2. The maximum Gasteiger partial charge on any atom is 0.334 e. The Hall–Kier alpha value is -11.2. The number of hydrazine groups is 2. The van der Waals surface area contributed by atoms with Gasteiger partial charge in [-0.05, 0) is 107 Å². The van der Waals surface area contributed by atoms with Crippen LogP contribution in [0.4, 0.5) is 9.59 Å². The van der Waals surface area contributed by atoms with E-state index in [2.05, 4.69) is 38.7 Å². The summed E-state index contributed by atoms with van der Waals surface area (Å²) >= 11 is 0. The molecule has 4 aliphatic rings. The molecule has 8 heterocycles. The minimum absolute atomic E-state index is 0.000927. The Labute approximate surface area is 554 Å². The summed E-state index contributed by atoms with van der Waals surface area (Å²) < 4.78 is 29.2. The number of phenols is 2. The number of phenolic OH excluding ortho intramolecular Hbond substituents is 2. The molecule has 9 aromatic rings. The molecule has 8 amide bonds. The highest BCUT2D eigenvalue weighted by molar-refractivity contribution is 7.90. The lowest BCUT2D eigenvalue weighted by Crippen LogP contribution is -2.76. The molecule has 0 unspecified atom stereocenters. The van der Waals surface area contributed by atoms with E-state index in [0.717, 1.165) is 27.6 Å². The lowest BCUT2D eigenvalue weighted by atomic mass is 9.98. The molecule has 4 atom stereocenters. The van der Waals surface area contributed by atoms with Crippen LogP contribution in [-0.2, 0) is 68.2 Å². The van der Waals surface area contributed by atoms with Crippen LogP contribution in [0.15, 0.2) is 213 Å². The van der Waals surface area contributed by atoms with E-state index in [4.69, 9.17) is 0 Å². The minimum Gasteiger partial charge on any atom is -0.508 e. The molecule has 5 aromatic carbocycles. The van der Waals surface area contributed by atoms with Crippen LogP contribution in [0.5, 0.6) is 11.5 Å². The van der Waals surface area contributed by atoms with Crippen LogP contribution in [0.25, 0.3) is 21.8 Å². The molecule has 4 saturated heterocycles. The van der Waals surface area contributed by atoms with Gasteiger partial charge in [0.15, 0.2) is 0 Å². The number of nitrogens with zero attached hydrogens (tertiary/aromatic N) is 11. The average molecular weight is 1310 g/mol. The number of fused-ring (bicyclic) bond motifs is 4. The number of carbonyl (C=O) groups excluding carboxylic acids is 6. The number of aromatic amines is 1. The van der Waals surface area contributed by atoms with E-state index < -0.39 is 46.5 Å². The first-order chi connectivity index (χ1) is 46.5. The van der Waals surface area contributed by atoms with Crippen molar-refractivity contribution in [3.8, 4) is 11.5 Å². The van der Waals surface area contributed by atoms with Gasteiger partial charge >= 0.3 is 12.1 Å². The summed E-state index contributed by atoms with van der Waals surface area (Å²) in [6.45, 7) is 10.5. The quantitative estimate of drug-likeness (QED) is 0.0540. The van der Waals surface area contributed by atoms with Crippen LogP contribution in [0.2, 0.25) is 0 Å². The highest BCUT2D eigenvalue weighted by Crippen LogP contribution is 2.34. The monoisotopic (exact) mass is 1310 g/mol. The predicted octanol–water partition coefficient (Wildman–Crippen LogP) is 7.03. The van der Waals surface area contributed by atoms with E-state index in [-0.39, 0.29) is 112 Å². The van der Waals surface area contributed by atoms with Crippen LogP contribution < -0.4 is 10.6 Å². The van der Waals surface area contributed by atoms with Gasteiger partial charge in [0.2, 0.25) is 23.6 Å². The van der Waals surface area contributed by atoms with Crippen molar-refractivity contribution in [3.63, 3.8) is 0 Å². The van der Waals surface area contributed by atoms with E-state index in [1.807, 2.05) is 67.7 Å². The number of aromatic hydroxyl groups is 2. The lowest BCUT2D eigenvalue weighted by Gasteiger charge is -2.55. The van der Waals surface area contributed by atoms with Gasteiger partial charge in [0.1, 0.15) is 35.9 Å². The number of H-pyrrole nitrogens is 1. The fraction of sp³-hybridized carbons (Fsp3) is 0.239. The van der Waals surface area contributed by atoms with Gasteiger partial charge in [0.05, 0.1) is 66.6 Å². The van der Waals surface area contributed by atoms with Gasteiger partial charge in [-0.25, -0.2) is 42.0 Å². The number of aromatic nitrogens is 4. The molecule has 96 heavy (non-hydrogen) atoms. The number of piperazine rings is 2. The standard InChI is InChI=1S/C39H39N7O6S.C32H33N7O4/c1-3-20-43-26-36(48)45-34(22-28-12-14-32(47)15-13-28)38(49)42(25-35(45)46(43)39(50)41-23-31-9-4-5-19-40-31)24-30-8-6-7-29-18-21-44(37(29)30)53(51,52)33-16-10-27(2)11-17-33;1-2-16-37-21-29(41)38-27(17-22-9-11-26(40)12-10-22)31(42)36(19-24-7-5-6-23-13-15-34-30(23)24)20-28(38)39(37)32(43)35-18-25-8-3-4-14-33-25/h3-19,21,34-35,47H,1,20,22-26H2,2H3,(H,41,50);2-15,27-28,34,40H,1,16-21H2,(H,35,43)/t34-,35-;27-,28-/m00/s1. The molecule has 24 nitrogen and oxygen atoms in total. The van der Waals surface area contributed by atoms with Crippen molar-refractivity contribution in [2.75, 3.05) is 39.3 Å². The molecule has 492 valence electrons. The van der Waals surface area contributed by atoms with Crippen molar-refractivity contribution >= 4 is 67.5 Å². The van der Waals surface area contributed by atoms with Gasteiger partial charge in [-0.1, -0.05) is 103 Å². The largest absolute Gasteiger partial charge is 0.508 e. The Balaban J connectivity index is 0.000000187. The number of para-hydroxylation sites is 2. The zero-order valence-electron chi connectivity index (χ0n) is 52.7. The number of hydrogen-bond donors (Lipinski definition) is 5. The predicted molar refractivity (Wildman–Crippen MR) is 357 cm³/mol. The molecule has 0 bridgehead atoms. The number of nitrogens with one attached hydrogen (secondary N) is 3. The Kier molecular flexibility index (Phi) is 19.1. The molecule has 0 radical (unpaired) electrons. The van der Waals surface area contributed by atoms with Gasteiger partial charge in [0, 0.05) is 69.2 Å². The molecule has 5 N–H and O–H groups in total. The van der Waals surface area contributed by atoms with Crippen LogP contribution in [0.3, 0.4) is 0 Å². The van der Waals surface area contributed by atoms with Crippen molar-refractivity contribution in [1.29, 1.82) is 0 Å². The highest BCUT2D eigenvalue weighted by atomic mass is 32.2. The van der Waals surface area contributed by atoms with Gasteiger partial charge in [-0.15, -0.1) is 13.2 Å². The summed E-state index contributed by atoms with van der Waals surface area (Å²) in [6, 6.07) is 42.8. The number of carbonyl (C=O) groups is 6. The molecule has 0 spiro atoms. The van der Waals surface area contributed by atoms with Crippen molar-refractivity contribution in [1.82, 2.24) is 69.2 Å². The summed E-state index contributed by atoms with van der Waals surface area (Å²) in [7, 11) is -4.00. The van der Waals surface area contributed by atoms with E-state index in [9.17, 15) is 47.4 Å². The number of urea groups is 2. The smallest absolute Gasteiger partial charge is 0.334 e. The number of aryl methyl sites for hydroxylation is 1. The maximum absolute atomic E-state index is 14.6. The third-order valence-electron chi connectivity index (χ3n) is 17.5. The molecule has 4 aromatic heterocycles. The highest BCUT2D eigenvalue weighted by Gasteiger charge is 2.53. The third-order valence-corrected chi connectivity index (χ3v) is 19.2. The van der Waals surface area contributed by atoms with E-state index >= 15 is 0 Å². The number of amides is 8. The fourth-order valence-corrected chi connectivity index (χ4v) is 14.4. The van der Waals surface area contributed by atoms with Crippen LogP contribution in [0.1, 0.15) is 39.2 Å². The summed E-state index contributed by atoms with van der Waals surface area (Å²) in [5, 5.41) is 33.6. The molecule has 4 fully saturated rings. The third kappa shape index (κ3) is 13.6. The second-order valence-electron chi connectivity index (χ2n) is 23.8. The second-order valence-corrected chi connectivity index (χ2v) is 25.7. The summed E-state index contributed by atoms with van der Waals surface area (Å²) in [5.74, 6) is -0.962. The number of benzene rings is 5. The molecule has 25 heteroatoms. The van der Waals surface area contributed by atoms with Gasteiger partial charge in [-0.2, -0.15) is 0 Å². The summed E-state index contributed by atoms with van der Waals surface area (Å²) in [4.78, 5) is 103. The Bertz CT molecular complexity index is 4480. The SMILES string of the molecule is C=CCN1CC(=O)N2[C@@H](Cc3ccc(O)cc3)C(=O)N(Cc3cccc4cc[nH]c34)C[C@@H]2N1C(=O)NCc1ccccn1.C=CCN1CC(=O)N2[C@@H](Cc3ccc(O)cc3)C(=O)N(Cc3cccc4ccn(S(=O)(=O)c5ccc(C)cc5)c34)C[C@@H]2N1C(=O)NCc1ccccn1. The van der Waals surface area contributed by atoms with Gasteiger partial charge in [-0.3, -0.25) is 29.1 Å². The van der Waals surface area contributed by atoms with Crippen molar-refractivity contribution < 1.29 is 47.4 Å². The molecule has 0 saturated carbocycles. The summed E-state index contributed by atoms with van der Waals surface area (Å²) in [5.41, 5.74) is 6.62. The topological polar surface area (TPSA) is 273 Å². The minimum atomic E-state index is -4.00. The molecule has 0 aliphatic carbocycles. The van der Waals surface area contributed by atoms with Crippen molar-refractivity contribution in [3.05, 3.63) is 247 Å². The summed E-state index contributed by atoms with van der Waals surface area (Å²) in [6.07, 6.45) is 8.60. The second kappa shape index (κ2) is 28.2. The van der Waals surface area contributed by atoms with Crippen LogP contribution >= 0.6 is 0 Å². The molecular weight excluding hydrogens is 1240 g/mol. The Morgan fingerprint density at radius 3 is 1.57 bits per heavy atom.